The van der Waals surface area contributed by atoms with Crippen molar-refractivity contribution in [2.75, 3.05) is 26.9 Å². The molecule has 0 saturated heterocycles. The van der Waals surface area contributed by atoms with Crippen LogP contribution in [0.2, 0.25) is 0 Å². The summed E-state index contributed by atoms with van der Waals surface area (Å²) in [5.74, 6) is 1.01. The molecule has 0 aromatic heterocycles. The summed E-state index contributed by atoms with van der Waals surface area (Å²) in [5, 5.41) is 8.63. The Morgan fingerprint density at radius 2 is 1.84 bits per heavy atom. The monoisotopic (exact) mass is 266 g/mol. The van der Waals surface area contributed by atoms with Crippen molar-refractivity contribution in [3.63, 3.8) is 0 Å². The first-order valence-corrected chi connectivity index (χ1v) is 5.97. The van der Waals surface area contributed by atoms with E-state index in [1.807, 2.05) is 0 Å². The summed E-state index contributed by atoms with van der Waals surface area (Å²) in [4.78, 5) is 10.8. The second-order valence-corrected chi connectivity index (χ2v) is 3.63. The Labute approximate surface area is 112 Å². The summed E-state index contributed by atoms with van der Waals surface area (Å²) < 4.78 is 15.2. The van der Waals surface area contributed by atoms with Crippen LogP contribution in [0.3, 0.4) is 0 Å². The fourth-order valence-electron chi connectivity index (χ4n) is 1.24. The van der Waals surface area contributed by atoms with Crippen LogP contribution in [0.25, 0.3) is 0 Å². The number of methoxy groups -OCH3 is 1. The van der Waals surface area contributed by atoms with Gasteiger partial charge in [-0.05, 0) is 30.3 Å². The van der Waals surface area contributed by atoms with Gasteiger partial charge in [0.1, 0.15) is 18.1 Å². The van der Waals surface area contributed by atoms with Crippen molar-refractivity contribution < 1.29 is 24.1 Å². The molecule has 1 aromatic rings. The van der Waals surface area contributed by atoms with Crippen LogP contribution in [-0.4, -0.2) is 38.0 Å². The van der Waals surface area contributed by atoms with E-state index in [0.29, 0.717) is 25.4 Å². The van der Waals surface area contributed by atoms with Crippen molar-refractivity contribution in [3.8, 4) is 11.5 Å². The van der Waals surface area contributed by atoms with Gasteiger partial charge in [-0.2, -0.15) is 0 Å². The van der Waals surface area contributed by atoms with E-state index in [-0.39, 0.29) is 6.61 Å². The van der Waals surface area contributed by atoms with Gasteiger partial charge >= 0.3 is 5.97 Å². The Hall–Kier alpha value is -2.01. The van der Waals surface area contributed by atoms with Crippen LogP contribution in [-0.2, 0) is 9.53 Å². The molecule has 0 atom stereocenters. The molecule has 19 heavy (non-hydrogen) atoms. The van der Waals surface area contributed by atoms with E-state index in [1.165, 1.54) is 13.2 Å². The van der Waals surface area contributed by atoms with Crippen LogP contribution in [0.1, 0.15) is 6.42 Å². The number of hydrogen-bond donors (Lipinski definition) is 1. The summed E-state index contributed by atoms with van der Waals surface area (Å²) in [7, 11) is 1.32. The predicted octanol–water partition coefficient (Wildman–Crippen LogP) is 1.56. The molecule has 0 aliphatic heterocycles. The van der Waals surface area contributed by atoms with Crippen LogP contribution < -0.4 is 9.47 Å². The third-order valence-electron chi connectivity index (χ3n) is 2.20. The topological polar surface area (TPSA) is 65.0 Å². The highest BCUT2D eigenvalue weighted by Gasteiger charge is 1.96. The Morgan fingerprint density at radius 3 is 2.42 bits per heavy atom. The van der Waals surface area contributed by atoms with E-state index < -0.39 is 5.97 Å². The molecule has 0 spiro atoms. The van der Waals surface area contributed by atoms with Crippen LogP contribution in [0.15, 0.2) is 36.4 Å². The molecule has 0 amide bonds. The highest BCUT2D eigenvalue weighted by molar-refractivity contribution is 5.81. The van der Waals surface area contributed by atoms with Crippen molar-refractivity contribution in [2.24, 2.45) is 0 Å². The van der Waals surface area contributed by atoms with Crippen LogP contribution in [0, 0.1) is 0 Å². The Balaban J connectivity index is 2.31. The van der Waals surface area contributed by atoms with Gasteiger partial charge in [-0.25, -0.2) is 4.79 Å². The quantitative estimate of drug-likeness (QED) is 0.439. The molecule has 0 heterocycles. The summed E-state index contributed by atoms with van der Waals surface area (Å²) in [6, 6.07) is 7.13. The van der Waals surface area contributed by atoms with Gasteiger partial charge in [0, 0.05) is 19.1 Å². The average Bonchev–Trinajstić information content (AvgIpc) is 2.45. The Kier molecular flexibility index (Phi) is 7.12. The minimum atomic E-state index is -0.406. The lowest BCUT2D eigenvalue weighted by molar-refractivity contribution is -0.134. The molecule has 0 aliphatic carbocycles. The highest BCUT2D eigenvalue weighted by Crippen LogP contribution is 2.17. The number of carbonyl (C=O) groups is 1. The lowest BCUT2D eigenvalue weighted by Gasteiger charge is -2.06. The largest absolute Gasteiger partial charge is 0.494 e. The van der Waals surface area contributed by atoms with Crippen LogP contribution in [0.5, 0.6) is 11.5 Å². The smallest absolute Gasteiger partial charge is 0.330 e. The zero-order valence-electron chi connectivity index (χ0n) is 10.9. The van der Waals surface area contributed by atoms with E-state index >= 15 is 0 Å². The number of aliphatic hydroxyl groups is 1. The maximum Gasteiger partial charge on any atom is 0.330 e. The zero-order valence-corrected chi connectivity index (χ0v) is 10.9. The van der Waals surface area contributed by atoms with E-state index in [2.05, 4.69) is 4.74 Å². The number of benzene rings is 1. The van der Waals surface area contributed by atoms with Gasteiger partial charge in [0.05, 0.1) is 13.7 Å². The molecule has 0 unspecified atom stereocenters. The Morgan fingerprint density at radius 1 is 1.21 bits per heavy atom. The van der Waals surface area contributed by atoms with Crippen LogP contribution >= 0.6 is 0 Å². The highest BCUT2D eigenvalue weighted by atomic mass is 16.5. The molecule has 1 rings (SSSR count). The van der Waals surface area contributed by atoms with Crippen molar-refractivity contribution in [2.45, 2.75) is 6.42 Å². The number of ether oxygens (including phenoxy) is 3. The molecule has 1 N–H and O–H groups in total. The van der Waals surface area contributed by atoms with Crippen molar-refractivity contribution >= 4 is 5.97 Å². The SMILES string of the molecule is COC(=O)/C=C/COc1ccc(OCCCO)cc1. The molecule has 0 radical (unpaired) electrons. The van der Waals surface area contributed by atoms with Gasteiger partial charge in [0.15, 0.2) is 0 Å². The molecule has 104 valence electrons. The summed E-state index contributed by atoms with van der Waals surface area (Å²) >= 11 is 0. The third-order valence-corrected chi connectivity index (χ3v) is 2.20. The van der Waals surface area contributed by atoms with E-state index in [0.717, 1.165) is 5.75 Å². The van der Waals surface area contributed by atoms with Crippen molar-refractivity contribution in [1.29, 1.82) is 0 Å². The summed E-state index contributed by atoms with van der Waals surface area (Å²) in [5.41, 5.74) is 0. The minimum absolute atomic E-state index is 0.119. The molecular formula is C14H18O5. The molecular weight excluding hydrogens is 248 g/mol. The first kappa shape index (κ1) is 15.0. The number of aliphatic hydroxyl groups excluding tert-OH is 1. The van der Waals surface area contributed by atoms with Gasteiger partial charge in [-0.1, -0.05) is 0 Å². The third kappa shape index (κ3) is 6.47. The van der Waals surface area contributed by atoms with Gasteiger partial charge in [0.25, 0.3) is 0 Å². The first-order valence-electron chi connectivity index (χ1n) is 5.97. The molecule has 5 nitrogen and oxygen atoms in total. The standard InChI is InChI=1S/C14H18O5/c1-17-14(16)4-2-10-18-12-5-7-13(8-6-12)19-11-3-9-15/h2,4-8,15H,3,9-11H2,1H3/b4-2+. The van der Waals surface area contributed by atoms with Gasteiger partial charge in [-0.3, -0.25) is 0 Å². The first-order chi connectivity index (χ1) is 9.26. The fraction of sp³-hybridized carbons (Fsp3) is 0.357. The fourth-order valence-corrected chi connectivity index (χ4v) is 1.24. The molecule has 1 aromatic carbocycles. The lowest BCUT2D eigenvalue weighted by atomic mass is 10.3. The lowest BCUT2D eigenvalue weighted by Crippen LogP contribution is -2.00. The maximum absolute atomic E-state index is 10.8. The van der Waals surface area contributed by atoms with Crippen molar-refractivity contribution in [3.05, 3.63) is 36.4 Å². The number of rotatable bonds is 8. The van der Waals surface area contributed by atoms with E-state index in [4.69, 9.17) is 14.6 Å². The summed E-state index contributed by atoms with van der Waals surface area (Å²) in [6.07, 6.45) is 3.50. The van der Waals surface area contributed by atoms with Gasteiger partial charge in [0.2, 0.25) is 0 Å². The second-order valence-electron chi connectivity index (χ2n) is 3.63. The molecule has 0 saturated carbocycles. The zero-order chi connectivity index (χ0) is 13.9. The second kappa shape index (κ2) is 8.99. The molecule has 5 heteroatoms. The van der Waals surface area contributed by atoms with Gasteiger partial charge < -0.3 is 19.3 Å². The number of carbonyl (C=O) groups excluding carboxylic acids is 1. The maximum atomic E-state index is 10.8. The normalized spacial score (nSPS) is 10.4. The van der Waals surface area contributed by atoms with E-state index in [1.54, 1.807) is 30.3 Å². The molecule has 0 fully saturated rings. The van der Waals surface area contributed by atoms with Gasteiger partial charge in [-0.15, -0.1) is 0 Å². The summed E-state index contributed by atoms with van der Waals surface area (Å²) in [6.45, 7) is 0.895. The Bertz CT molecular complexity index is 397. The minimum Gasteiger partial charge on any atom is -0.494 e. The predicted molar refractivity (Wildman–Crippen MR) is 70.3 cm³/mol. The molecule has 0 bridgehead atoms. The molecule has 0 aliphatic rings. The number of esters is 1. The van der Waals surface area contributed by atoms with E-state index in [9.17, 15) is 4.79 Å². The number of hydrogen-bond acceptors (Lipinski definition) is 5. The van der Waals surface area contributed by atoms with Crippen molar-refractivity contribution in [1.82, 2.24) is 0 Å². The average molecular weight is 266 g/mol. The van der Waals surface area contributed by atoms with Crippen LogP contribution in [0.4, 0.5) is 0 Å².